The van der Waals surface area contributed by atoms with E-state index < -0.39 is 0 Å². The highest BCUT2D eigenvalue weighted by molar-refractivity contribution is 5.42. The fourth-order valence-electron chi connectivity index (χ4n) is 2.98. The van der Waals surface area contributed by atoms with Gasteiger partial charge in [0, 0.05) is 12.1 Å². The van der Waals surface area contributed by atoms with Crippen molar-refractivity contribution in [2.24, 2.45) is 5.92 Å². The van der Waals surface area contributed by atoms with E-state index in [1.54, 1.807) is 7.11 Å². The first-order valence-electron chi connectivity index (χ1n) is 6.73. The van der Waals surface area contributed by atoms with Crippen molar-refractivity contribution >= 4 is 0 Å². The van der Waals surface area contributed by atoms with Crippen LogP contribution in [0.3, 0.4) is 0 Å². The summed E-state index contributed by atoms with van der Waals surface area (Å²) >= 11 is 0. The number of methoxy groups -OCH3 is 1. The molecule has 3 heteroatoms. The summed E-state index contributed by atoms with van der Waals surface area (Å²) in [6, 6.07) is 7.23. The molecule has 18 heavy (non-hydrogen) atoms. The van der Waals surface area contributed by atoms with Crippen molar-refractivity contribution in [1.29, 1.82) is 0 Å². The monoisotopic (exact) mass is 247 g/mol. The van der Waals surface area contributed by atoms with E-state index >= 15 is 0 Å². The number of ether oxygens (including phenoxy) is 2. The minimum atomic E-state index is 0.199. The fraction of sp³-hybridized carbons (Fsp3) is 0.600. The van der Waals surface area contributed by atoms with E-state index in [0.29, 0.717) is 18.0 Å². The zero-order valence-corrected chi connectivity index (χ0v) is 11.3. The summed E-state index contributed by atoms with van der Waals surface area (Å²) in [6.45, 7) is 5.29. The third-order valence-electron chi connectivity index (χ3n) is 4.15. The second-order valence-corrected chi connectivity index (χ2v) is 5.65. The van der Waals surface area contributed by atoms with Crippen LogP contribution in [0.15, 0.2) is 18.2 Å². The van der Waals surface area contributed by atoms with Crippen LogP contribution in [0.2, 0.25) is 0 Å². The molecule has 1 aliphatic heterocycles. The lowest BCUT2D eigenvalue weighted by Crippen LogP contribution is -2.51. The number of hydrogen-bond donors (Lipinski definition) is 1. The normalized spacial score (nSPS) is 30.1. The van der Waals surface area contributed by atoms with Gasteiger partial charge in [-0.25, -0.2) is 0 Å². The molecule has 98 valence electrons. The highest BCUT2D eigenvalue weighted by Gasteiger charge is 2.39. The standard InChI is InChI=1S/C15H21NO2/c1-9(2)14-8-18-15-12-7-11(17-3)5-4-10(12)6-13(15)16-14/h4-5,7,9,13-16H,6,8H2,1-3H3. The van der Waals surface area contributed by atoms with Crippen molar-refractivity contribution in [1.82, 2.24) is 5.32 Å². The molecule has 3 unspecified atom stereocenters. The van der Waals surface area contributed by atoms with Crippen molar-refractivity contribution < 1.29 is 9.47 Å². The van der Waals surface area contributed by atoms with Crippen molar-refractivity contribution in [2.45, 2.75) is 38.5 Å². The molecule has 2 aliphatic rings. The van der Waals surface area contributed by atoms with Crippen molar-refractivity contribution in [3.8, 4) is 5.75 Å². The highest BCUT2D eigenvalue weighted by atomic mass is 16.5. The second kappa shape index (κ2) is 4.56. The average Bonchev–Trinajstić information content (AvgIpc) is 2.75. The Balaban J connectivity index is 1.83. The van der Waals surface area contributed by atoms with Gasteiger partial charge in [0.05, 0.1) is 19.8 Å². The Morgan fingerprint density at radius 3 is 2.94 bits per heavy atom. The Bertz CT molecular complexity index is 444. The number of fused-ring (bicyclic) bond motifs is 3. The third-order valence-corrected chi connectivity index (χ3v) is 4.15. The van der Waals surface area contributed by atoms with Gasteiger partial charge in [0.1, 0.15) is 5.75 Å². The molecule has 1 aromatic carbocycles. The average molecular weight is 247 g/mol. The minimum Gasteiger partial charge on any atom is -0.497 e. The molecule has 3 nitrogen and oxygen atoms in total. The molecule has 1 heterocycles. The highest BCUT2D eigenvalue weighted by Crippen LogP contribution is 2.39. The molecule has 0 spiro atoms. The lowest BCUT2D eigenvalue weighted by atomic mass is 10.00. The maximum absolute atomic E-state index is 6.08. The van der Waals surface area contributed by atoms with Gasteiger partial charge in [-0.1, -0.05) is 19.9 Å². The van der Waals surface area contributed by atoms with E-state index in [1.165, 1.54) is 11.1 Å². The van der Waals surface area contributed by atoms with Gasteiger partial charge >= 0.3 is 0 Å². The third kappa shape index (κ3) is 1.91. The number of benzene rings is 1. The molecule has 0 saturated carbocycles. The van der Waals surface area contributed by atoms with E-state index in [4.69, 9.17) is 9.47 Å². The first kappa shape index (κ1) is 12.0. The lowest BCUT2D eigenvalue weighted by Gasteiger charge is -2.36. The second-order valence-electron chi connectivity index (χ2n) is 5.65. The van der Waals surface area contributed by atoms with Gasteiger partial charge < -0.3 is 14.8 Å². The Morgan fingerprint density at radius 1 is 1.39 bits per heavy atom. The minimum absolute atomic E-state index is 0.199. The van der Waals surface area contributed by atoms with E-state index in [0.717, 1.165) is 18.8 Å². The van der Waals surface area contributed by atoms with Gasteiger partial charge in [-0.2, -0.15) is 0 Å². The van der Waals surface area contributed by atoms with Crippen LogP contribution in [0, 0.1) is 5.92 Å². The summed E-state index contributed by atoms with van der Waals surface area (Å²) in [5, 5.41) is 3.73. The maximum Gasteiger partial charge on any atom is 0.119 e. The maximum atomic E-state index is 6.08. The summed E-state index contributed by atoms with van der Waals surface area (Å²) in [5.41, 5.74) is 2.69. The van der Waals surface area contributed by atoms with E-state index in [9.17, 15) is 0 Å². The summed E-state index contributed by atoms with van der Waals surface area (Å²) in [7, 11) is 1.71. The van der Waals surface area contributed by atoms with Crippen LogP contribution < -0.4 is 10.1 Å². The Labute approximate surface area is 108 Å². The molecule has 0 aromatic heterocycles. The quantitative estimate of drug-likeness (QED) is 0.870. The topological polar surface area (TPSA) is 30.5 Å². The van der Waals surface area contributed by atoms with Gasteiger partial charge in [-0.15, -0.1) is 0 Å². The van der Waals surface area contributed by atoms with E-state index in [2.05, 4.69) is 31.3 Å². The van der Waals surface area contributed by atoms with Crippen molar-refractivity contribution in [2.75, 3.05) is 13.7 Å². The van der Waals surface area contributed by atoms with Crippen LogP contribution in [-0.2, 0) is 11.2 Å². The summed E-state index contributed by atoms with van der Waals surface area (Å²) in [4.78, 5) is 0. The molecule has 1 saturated heterocycles. The molecule has 3 rings (SSSR count). The van der Waals surface area contributed by atoms with Gasteiger partial charge in [-0.05, 0) is 35.6 Å². The van der Waals surface area contributed by atoms with Gasteiger partial charge in [-0.3, -0.25) is 0 Å². The predicted octanol–water partition coefficient (Wildman–Crippen LogP) is 2.31. The first-order chi connectivity index (χ1) is 8.69. The van der Waals surface area contributed by atoms with Gasteiger partial charge in [0.25, 0.3) is 0 Å². The zero-order valence-electron chi connectivity index (χ0n) is 11.3. The molecule has 1 N–H and O–H groups in total. The Morgan fingerprint density at radius 2 is 2.22 bits per heavy atom. The molecule has 3 atom stereocenters. The Hall–Kier alpha value is -1.06. The zero-order chi connectivity index (χ0) is 12.7. The van der Waals surface area contributed by atoms with E-state index in [1.807, 2.05) is 6.07 Å². The fourth-order valence-corrected chi connectivity index (χ4v) is 2.98. The number of hydrogen-bond acceptors (Lipinski definition) is 3. The molecular weight excluding hydrogens is 226 g/mol. The number of morpholine rings is 1. The van der Waals surface area contributed by atoms with Crippen LogP contribution in [0.4, 0.5) is 0 Å². The smallest absolute Gasteiger partial charge is 0.119 e. The van der Waals surface area contributed by atoms with Gasteiger partial charge in [0.2, 0.25) is 0 Å². The summed E-state index contributed by atoms with van der Waals surface area (Å²) in [5.74, 6) is 1.54. The molecule has 0 bridgehead atoms. The molecule has 1 fully saturated rings. The predicted molar refractivity (Wildman–Crippen MR) is 70.9 cm³/mol. The molecule has 0 amide bonds. The van der Waals surface area contributed by atoms with E-state index in [-0.39, 0.29) is 6.10 Å². The first-order valence-corrected chi connectivity index (χ1v) is 6.73. The molecule has 0 radical (unpaired) electrons. The molecule has 1 aliphatic carbocycles. The van der Waals surface area contributed by atoms with Gasteiger partial charge in [0.15, 0.2) is 0 Å². The van der Waals surface area contributed by atoms with Crippen LogP contribution >= 0.6 is 0 Å². The van der Waals surface area contributed by atoms with Crippen LogP contribution in [-0.4, -0.2) is 25.8 Å². The summed E-state index contributed by atoms with van der Waals surface area (Å²) < 4.78 is 11.4. The lowest BCUT2D eigenvalue weighted by molar-refractivity contribution is -0.0308. The Kier molecular flexibility index (Phi) is 3.04. The van der Waals surface area contributed by atoms with Crippen LogP contribution in [0.25, 0.3) is 0 Å². The number of rotatable bonds is 2. The van der Waals surface area contributed by atoms with Crippen molar-refractivity contribution in [3.63, 3.8) is 0 Å². The van der Waals surface area contributed by atoms with Crippen LogP contribution in [0.5, 0.6) is 5.75 Å². The molecular formula is C15H21NO2. The number of nitrogens with one attached hydrogen (secondary N) is 1. The van der Waals surface area contributed by atoms with Crippen molar-refractivity contribution in [3.05, 3.63) is 29.3 Å². The SMILES string of the molecule is COc1ccc2c(c1)C1OCC(C(C)C)NC1C2. The molecule has 1 aromatic rings. The largest absolute Gasteiger partial charge is 0.497 e. The van der Waals surface area contributed by atoms with Crippen LogP contribution in [0.1, 0.15) is 31.1 Å². The summed E-state index contributed by atoms with van der Waals surface area (Å²) in [6.07, 6.45) is 1.26.